The van der Waals surface area contributed by atoms with Crippen molar-refractivity contribution in [1.29, 1.82) is 0 Å². The number of rotatable bonds is 1. The molecule has 0 N–H and O–H groups in total. The molecule has 2 heterocycles. The molecule has 1 aromatic carbocycles. The van der Waals surface area contributed by atoms with Crippen LogP contribution in [0.2, 0.25) is 0 Å². The molecule has 1 aliphatic rings. The zero-order valence-corrected chi connectivity index (χ0v) is 8.16. The highest BCUT2D eigenvalue weighted by atomic mass is 32.1. The second-order valence-electron chi connectivity index (χ2n) is 3.03. The molecule has 0 saturated carbocycles. The first kappa shape index (κ1) is 7.88. The molecule has 1 aromatic heterocycles. The van der Waals surface area contributed by atoms with Gasteiger partial charge in [-0.05, 0) is 23.6 Å². The van der Waals surface area contributed by atoms with Crippen molar-refractivity contribution < 1.29 is 9.47 Å². The first-order chi connectivity index (χ1) is 6.93. The number of thiophene rings is 1. The Balaban J connectivity index is 1.92. The van der Waals surface area contributed by atoms with Gasteiger partial charge in [0.25, 0.3) is 6.29 Å². The van der Waals surface area contributed by atoms with Crippen molar-refractivity contribution in [3.63, 3.8) is 0 Å². The van der Waals surface area contributed by atoms with Gasteiger partial charge >= 0.3 is 0 Å². The first-order valence-electron chi connectivity index (χ1n) is 4.39. The molecular formula is C11H8O2S. The van der Waals surface area contributed by atoms with Gasteiger partial charge in [0.1, 0.15) is 0 Å². The van der Waals surface area contributed by atoms with E-state index in [-0.39, 0.29) is 6.29 Å². The van der Waals surface area contributed by atoms with Crippen LogP contribution < -0.4 is 9.47 Å². The highest BCUT2D eigenvalue weighted by Crippen LogP contribution is 2.40. The second-order valence-corrected chi connectivity index (χ2v) is 4.01. The normalized spacial score (nSPS) is 14.6. The monoisotopic (exact) mass is 204 g/mol. The van der Waals surface area contributed by atoms with Crippen molar-refractivity contribution >= 4 is 11.3 Å². The third-order valence-electron chi connectivity index (χ3n) is 2.09. The molecule has 14 heavy (non-hydrogen) atoms. The van der Waals surface area contributed by atoms with Crippen molar-refractivity contribution in [3.8, 4) is 11.5 Å². The van der Waals surface area contributed by atoms with Crippen LogP contribution in [0.4, 0.5) is 0 Å². The third-order valence-corrected chi connectivity index (χ3v) is 2.99. The molecule has 0 saturated heterocycles. The molecule has 0 radical (unpaired) electrons. The smallest absolute Gasteiger partial charge is 0.277 e. The summed E-state index contributed by atoms with van der Waals surface area (Å²) in [5.74, 6) is 1.65. The van der Waals surface area contributed by atoms with Gasteiger partial charge in [-0.15, -0.1) is 11.3 Å². The van der Waals surface area contributed by atoms with Crippen LogP contribution in [0.3, 0.4) is 0 Å². The van der Waals surface area contributed by atoms with E-state index in [2.05, 4.69) is 0 Å². The Kier molecular flexibility index (Phi) is 1.70. The lowest BCUT2D eigenvalue weighted by Gasteiger charge is -2.06. The Morgan fingerprint density at radius 1 is 0.929 bits per heavy atom. The van der Waals surface area contributed by atoms with E-state index in [1.54, 1.807) is 11.3 Å². The summed E-state index contributed by atoms with van der Waals surface area (Å²) < 4.78 is 11.3. The fourth-order valence-corrected chi connectivity index (χ4v) is 2.12. The van der Waals surface area contributed by atoms with Gasteiger partial charge in [-0.2, -0.15) is 0 Å². The minimum absolute atomic E-state index is 0.257. The van der Waals surface area contributed by atoms with Gasteiger partial charge in [0, 0.05) is 0 Å². The van der Waals surface area contributed by atoms with Crippen molar-refractivity contribution in [1.82, 2.24) is 0 Å². The maximum atomic E-state index is 5.64. The summed E-state index contributed by atoms with van der Waals surface area (Å²) in [6.07, 6.45) is -0.257. The molecule has 2 nitrogen and oxygen atoms in total. The van der Waals surface area contributed by atoms with E-state index >= 15 is 0 Å². The van der Waals surface area contributed by atoms with Crippen molar-refractivity contribution in [2.75, 3.05) is 0 Å². The van der Waals surface area contributed by atoms with E-state index in [0.29, 0.717) is 0 Å². The average molecular weight is 204 g/mol. The predicted molar refractivity (Wildman–Crippen MR) is 54.8 cm³/mol. The topological polar surface area (TPSA) is 18.5 Å². The molecule has 2 aromatic rings. The minimum Gasteiger partial charge on any atom is -0.446 e. The lowest BCUT2D eigenvalue weighted by Crippen LogP contribution is -2.05. The Labute approximate surface area is 85.7 Å². The number of ether oxygens (including phenoxy) is 2. The number of hydrogen-bond donors (Lipinski definition) is 0. The van der Waals surface area contributed by atoms with Gasteiger partial charge in [-0.3, -0.25) is 0 Å². The van der Waals surface area contributed by atoms with Crippen molar-refractivity contribution in [2.24, 2.45) is 0 Å². The van der Waals surface area contributed by atoms with Gasteiger partial charge in [0.05, 0.1) is 4.88 Å². The molecule has 0 amide bonds. The quantitative estimate of drug-likeness (QED) is 0.710. The van der Waals surface area contributed by atoms with Gasteiger partial charge in [0.2, 0.25) is 0 Å². The molecule has 3 heteroatoms. The Hall–Kier alpha value is -1.48. The van der Waals surface area contributed by atoms with Gasteiger partial charge < -0.3 is 9.47 Å². The Morgan fingerprint density at radius 2 is 1.64 bits per heavy atom. The number of benzene rings is 1. The summed E-state index contributed by atoms with van der Waals surface area (Å²) in [4.78, 5) is 1.10. The zero-order chi connectivity index (χ0) is 9.38. The largest absolute Gasteiger partial charge is 0.446 e. The van der Waals surface area contributed by atoms with Gasteiger partial charge in [-0.25, -0.2) is 0 Å². The van der Waals surface area contributed by atoms with Crippen LogP contribution in [0, 0.1) is 0 Å². The number of hydrogen-bond acceptors (Lipinski definition) is 3. The fraction of sp³-hybridized carbons (Fsp3) is 0.0909. The molecule has 0 fully saturated rings. The average Bonchev–Trinajstić information content (AvgIpc) is 2.86. The minimum atomic E-state index is -0.257. The second kappa shape index (κ2) is 3.03. The number of para-hydroxylation sites is 2. The molecule has 0 spiro atoms. The lowest BCUT2D eigenvalue weighted by atomic mass is 10.3. The van der Waals surface area contributed by atoms with Crippen LogP contribution in [0.5, 0.6) is 11.5 Å². The van der Waals surface area contributed by atoms with E-state index in [1.165, 1.54) is 0 Å². The molecule has 70 valence electrons. The summed E-state index contributed by atoms with van der Waals surface area (Å²) in [5.41, 5.74) is 0. The lowest BCUT2D eigenvalue weighted by molar-refractivity contribution is 0.0521. The standard InChI is InChI=1S/C11H8O2S/c1-2-5-9-8(4-1)12-11(13-9)10-6-3-7-14-10/h1-7,11H. The van der Waals surface area contributed by atoms with Crippen molar-refractivity contribution in [2.45, 2.75) is 6.29 Å². The van der Waals surface area contributed by atoms with E-state index in [9.17, 15) is 0 Å². The van der Waals surface area contributed by atoms with Crippen LogP contribution in [0.1, 0.15) is 11.2 Å². The van der Waals surface area contributed by atoms with Crippen LogP contribution in [-0.2, 0) is 0 Å². The molecule has 0 aliphatic carbocycles. The van der Waals surface area contributed by atoms with Crippen LogP contribution >= 0.6 is 11.3 Å². The SMILES string of the molecule is c1csc(C2Oc3ccccc3O2)c1. The van der Waals surface area contributed by atoms with Gasteiger partial charge in [-0.1, -0.05) is 18.2 Å². The highest BCUT2D eigenvalue weighted by molar-refractivity contribution is 7.10. The maximum Gasteiger partial charge on any atom is 0.277 e. The van der Waals surface area contributed by atoms with E-state index in [4.69, 9.17) is 9.47 Å². The molecule has 3 rings (SSSR count). The first-order valence-corrected chi connectivity index (χ1v) is 5.27. The zero-order valence-electron chi connectivity index (χ0n) is 7.34. The maximum absolute atomic E-state index is 5.64. The third kappa shape index (κ3) is 1.17. The molecule has 0 unspecified atom stereocenters. The summed E-state index contributed by atoms with van der Waals surface area (Å²) in [5, 5.41) is 2.02. The van der Waals surface area contributed by atoms with Crippen LogP contribution in [-0.4, -0.2) is 0 Å². The molecule has 0 bridgehead atoms. The Morgan fingerprint density at radius 3 is 2.21 bits per heavy atom. The number of fused-ring (bicyclic) bond motifs is 1. The molecule has 0 atom stereocenters. The van der Waals surface area contributed by atoms with E-state index in [0.717, 1.165) is 16.4 Å². The summed E-state index contributed by atoms with van der Waals surface area (Å²) >= 11 is 1.64. The highest BCUT2D eigenvalue weighted by Gasteiger charge is 2.25. The predicted octanol–water partition coefficient (Wildman–Crippen LogP) is 3.22. The van der Waals surface area contributed by atoms with Gasteiger partial charge in [0.15, 0.2) is 11.5 Å². The van der Waals surface area contributed by atoms with Crippen molar-refractivity contribution in [3.05, 3.63) is 46.7 Å². The fourth-order valence-electron chi connectivity index (χ4n) is 1.44. The summed E-state index contributed by atoms with van der Waals surface area (Å²) in [6, 6.07) is 11.7. The Bertz CT molecular complexity index is 411. The summed E-state index contributed by atoms with van der Waals surface area (Å²) in [6.45, 7) is 0. The van der Waals surface area contributed by atoms with Crippen LogP contribution in [0.25, 0.3) is 0 Å². The molecule has 1 aliphatic heterocycles. The molecular weight excluding hydrogens is 196 g/mol. The van der Waals surface area contributed by atoms with E-state index < -0.39 is 0 Å². The summed E-state index contributed by atoms with van der Waals surface area (Å²) in [7, 11) is 0. The van der Waals surface area contributed by atoms with E-state index in [1.807, 2.05) is 41.8 Å². The van der Waals surface area contributed by atoms with Crippen LogP contribution in [0.15, 0.2) is 41.8 Å².